The first kappa shape index (κ1) is 16.1. The number of nitro benzene ring substituents is 1. The average Bonchev–Trinajstić information content (AvgIpc) is 2.75. The second-order valence-electron chi connectivity index (χ2n) is 4.61. The number of para-hydroxylation sites is 1. The molecule has 8 heteroatoms. The SMILES string of the molecule is COCCCN1C(=O)/C(=C\c2ccccc2[N+](=O)[O-])NC1=S. The normalized spacial score (nSPS) is 16.2. The van der Waals surface area contributed by atoms with Gasteiger partial charge >= 0.3 is 0 Å². The number of nitrogens with one attached hydrogen (secondary N) is 1. The number of nitrogens with zero attached hydrogens (tertiary/aromatic N) is 2. The fourth-order valence-corrected chi connectivity index (χ4v) is 2.36. The van der Waals surface area contributed by atoms with Gasteiger partial charge in [0.2, 0.25) is 0 Å². The number of carbonyl (C=O) groups excluding carboxylic acids is 1. The molecule has 1 aromatic rings. The highest BCUT2D eigenvalue weighted by Crippen LogP contribution is 2.22. The summed E-state index contributed by atoms with van der Waals surface area (Å²) in [7, 11) is 1.59. The zero-order valence-corrected chi connectivity index (χ0v) is 12.8. The summed E-state index contributed by atoms with van der Waals surface area (Å²) in [5, 5.41) is 14.1. The van der Waals surface area contributed by atoms with Crippen molar-refractivity contribution >= 4 is 35.0 Å². The summed E-state index contributed by atoms with van der Waals surface area (Å²) < 4.78 is 4.95. The van der Waals surface area contributed by atoms with Gasteiger partial charge in [0.1, 0.15) is 5.70 Å². The van der Waals surface area contributed by atoms with E-state index in [4.69, 9.17) is 17.0 Å². The highest BCUT2D eigenvalue weighted by atomic mass is 32.1. The monoisotopic (exact) mass is 321 g/mol. The number of benzene rings is 1. The molecule has 1 fully saturated rings. The third kappa shape index (κ3) is 3.46. The van der Waals surface area contributed by atoms with Crippen molar-refractivity contribution in [2.24, 2.45) is 0 Å². The minimum Gasteiger partial charge on any atom is -0.385 e. The lowest BCUT2D eigenvalue weighted by Gasteiger charge is -2.12. The molecule has 0 aromatic heterocycles. The lowest BCUT2D eigenvalue weighted by atomic mass is 10.1. The van der Waals surface area contributed by atoms with Crippen molar-refractivity contribution < 1.29 is 14.5 Å². The number of carbonyl (C=O) groups is 1. The van der Waals surface area contributed by atoms with Gasteiger partial charge < -0.3 is 10.1 Å². The first-order valence-corrected chi connectivity index (χ1v) is 7.02. The molecular formula is C14H15N3O4S. The predicted octanol–water partition coefficient (Wildman–Crippen LogP) is 1.69. The molecule has 1 heterocycles. The van der Waals surface area contributed by atoms with Gasteiger partial charge in [0.25, 0.3) is 11.6 Å². The smallest absolute Gasteiger partial charge is 0.276 e. The van der Waals surface area contributed by atoms with Gasteiger partial charge in [-0.3, -0.25) is 19.8 Å². The molecule has 0 atom stereocenters. The number of nitro groups is 1. The summed E-state index contributed by atoms with van der Waals surface area (Å²) in [5.74, 6) is -0.292. The van der Waals surface area contributed by atoms with Crippen molar-refractivity contribution in [1.29, 1.82) is 0 Å². The molecule has 1 aliphatic rings. The molecule has 7 nitrogen and oxygen atoms in total. The number of thiocarbonyl (C=S) groups is 1. The molecule has 116 valence electrons. The molecule has 1 N–H and O–H groups in total. The molecule has 0 aliphatic carbocycles. The molecule has 0 saturated carbocycles. The maximum atomic E-state index is 12.3. The molecule has 0 bridgehead atoms. The first-order chi connectivity index (χ1) is 10.5. The Balaban J connectivity index is 2.22. The molecule has 0 unspecified atom stereocenters. The third-order valence-corrected chi connectivity index (χ3v) is 3.45. The van der Waals surface area contributed by atoms with Crippen LogP contribution in [0, 0.1) is 10.1 Å². The van der Waals surface area contributed by atoms with Gasteiger partial charge in [0, 0.05) is 26.3 Å². The van der Waals surface area contributed by atoms with E-state index in [9.17, 15) is 14.9 Å². The van der Waals surface area contributed by atoms with Gasteiger partial charge in [-0.15, -0.1) is 0 Å². The van der Waals surface area contributed by atoms with Crippen LogP contribution in [-0.4, -0.2) is 41.1 Å². The largest absolute Gasteiger partial charge is 0.385 e. The van der Waals surface area contributed by atoms with E-state index in [0.29, 0.717) is 30.2 Å². The van der Waals surface area contributed by atoms with Crippen LogP contribution in [-0.2, 0) is 9.53 Å². The summed E-state index contributed by atoms with van der Waals surface area (Å²) in [6.07, 6.45) is 2.10. The average molecular weight is 321 g/mol. The summed E-state index contributed by atoms with van der Waals surface area (Å²) in [4.78, 5) is 24.2. The van der Waals surface area contributed by atoms with E-state index in [1.54, 1.807) is 25.3 Å². The number of amides is 1. The molecular weight excluding hydrogens is 306 g/mol. The van der Waals surface area contributed by atoms with Gasteiger partial charge in [-0.2, -0.15) is 0 Å². The van der Waals surface area contributed by atoms with Crippen molar-refractivity contribution in [3.63, 3.8) is 0 Å². The Morgan fingerprint density at radius 3 is 2.86 bits per heavy atom. The number of hydrogen-bond acceptors (Lipinski definition) is 5. The van der Waals surface area contributed by atoms with Gasteiger partial charge in [-0.1, -0.05) is 12.1 Å². The number of rotatable bonds is 6. The number of hydrogen-bond donors (Lipinski definition) is 1. The van der Waals surface area contributed by atoms with E-state index in [-0.39, 0.29) is 17.3 Å². The second kappa shape index (κ2) is 7.10. The maximum Gasteiger partial charge on any atom is 0.276 e. The van der Waals surface area contributed by atoms with Crippen molar-refractivity contribution in [3.8, 4) is 0 Å². The Morgan fingerprint density at radius 1 is 1.45 bits per heavy atom. The second-order valence-corrected chi connectivity index (χ2v) is 4.99. The van der Waals surface area contributed by atoms with Crippen LogP contribution in [0.2, 0.25) is 0 Å². The Hall–Kier alpha value is -2.32. The Kier molecular flexibility index (Phi) is 5.18. The number of methoxy groups -OCH3 is 1. The summed E-state index contributed by atoms with van der Waals surface area (Å²) in [6.45, 7) is 0.961. The summed E-state index contributed by atoms with van der Waals surface area (Å²) in [6, 6.07) is 6.22. The molecule has 1 aliphatic heterocycles. The van der Waals surface area contributed by atoms with Crippen LogP contribution in [0.3, 0.4) is 0 Å². The van der Waals surface area contributed by atoms with Crippen molar-refractivity contribution in [2.75, 3.05) is 20.3 Å². The molecule has 1 amide bonds. The van der Waals surface area contributed by atoms with Crippen molar-refractivity contribution in [2.45, 2.75) is 6.42 Å². The standard InChI is InChI=1S/C14H15N3O4S/c1-21-8-4-7-16-13(18)11(15-14(16)22)9-10-5-2-3-6-12(10)17(19)20/h2-3,5-6,9H,4,7-8H2,1H3,(H,15,22)/b11-9+. The van der Waals surface area contributed by atoms with Crippen LogP contribution in [0.4, 0.5) is 5.69 Å². The minimum atomic E-state index is -0.486. The van der Waals surface area contributed by atoms with Crippen LogP contribution < -0.4 is 5.32 Å². The topological polar surface area (TPSA) is 84.7 Å². The highest BCUT2D eigenvalue weighted by molar-refractivity contribution is 7.80. The molecule has 1 aromatic carbocycles. The fraction of sp³-hybridized carbons (Fsp3) is 0.286. The van der Waals surface area contributed by atoms with Crippen LogP contribution in [0.5, 0.6) is 0 Å². The van der Waals surface area contributed by atoms with Crippen molar-refractivity contribution in [3.05, 3.63) is 45.6 Å². The molecule has 22 heavy (non-hydrogen) atoms. The first-order valence-electron chi connectivity index (χ1n) is 6.61. The van der Waals surface area contributed by atoms with E-state index in [0.717, 1.165) is 0 Å². The quantitative estimate of drug-likeness (QED) is 0.282. The van der Waals surface area contributed by atoms with E-state index >= 15 is 0 Å². The van der Waals surface area contributed by atoms with Gasteiger partial charge in [-0.05, 0) is 30.8 Å². The highest BCUT2D eigenvalue weighted by Gasteiger charge is 2.30. The fourth-order valence-electron chi connectivity index (χ4n) is 2.07. The lowest BCUT2D eigenvalue weighted by molar-refractivity contribution is -0.385. The summed E-state index contributed by atoms with van der Waals surface area (Å²) in [5.41, 5.74) is 0.523. The van der Waals surface area contributed by atoms with Crippen molar-refractivity contribution in [1.82, 2.24) is 10.2 Å². The van der Waals surface area contributed by atoms with Gasteiger partial charge in [0.15, 0.2) is 5.11 Å². The predicted molar refractivity (Wildman–Crippen MR) is 85.0 cm³/mol. The Morgan fingerprint density at radius 2 is 2.18 bits per heavy atom. The lowest BCUT2D eigenvalue weighted by Crippen LogP contribution is -2.32. The van der Waals surface area contributed by atoms with E-state index in [1.807, 2.05) is 0 Å². The molecule has 0 radical (unpaired) electrons. The zero-order chi connectivity index (χ0) is 16.1. The zero-order valence-electron chi connectivity index (χ0n) is 11.9. The van der Waals surface area contributed by atoms with Crippen LogP contribution in [0.15, 0.2) is 30.0 Å². The van der Waals surface area contributed by atoms with Crippen LogP contribution in [0.1, 0.15) is 12.0 Å². The van der Waals surface area contributed by atoms with Gasteiger partial charge in [0.05, 0.1) is 10.5 Å². The van der Waals surface area contributed by atoms with E-state index < -0.39 is 4.92 Å². The minimum absolute atomic E-state index is 0.0617. The molecule has 1 saturated heterocycles. The molecule has 2 rings (SSSR count). The summed E-state index contributed by atoms with van der Waals surface area (Å²) >= 11 is 5.12. The van der Waals surface area contributed by atoms with Crippen LogP contribution >= 0.6 is 12.2 Å². The number of ether oxygens (including phenoxy) is 1. The molecule has 0 spiro atoms. The Bertz CT molecular complexity index is 645. The van der Waals surface area contributed by atoms with Gasteiger partial charge in [-0.25, -0.2) is 0 Å². The Labute approximate surface area is 132 Å². The maximum absolute atomic E-state index is 12.3. The van der Waals surface area contributed by atoms with Crippen LogP contribution in [0.25, 0.3) is 6.08 Å². The van der Waals surface area contributed by atoms with E-state index in [1.165, 1.54) is 17.0 Å². The van der Waals surface area contributed by atoms with E-state index in [2.05, 4.69) is 5.32 Å². The third-order valence-electron chi connectivity index (χ3n) is 3.13.